The fourth-order valence-corrected chi connectivity index (χ4v) is 2.88. The van der Waals surface area contributed by atoms with E-state index in [1.54, 1.807) is 18.0 Å². The number of aromatic nitrogens is 1. The number of carbonyl (C=O) groups excluding carboxylic acids is 1. The van der Waals surface area contributed by atoms with Gasteiger partial charge >= 0.3 is 0 Å². The molecule has 3 nitrogen and oxygen atoms in total. The molecule has 0 unspecified atom stereocenters. The van der Waals surface area contributed by atoms with Crippen molar-refractivity contribution in [2.45, 2.75) is 36.8 Å². The molecule has 1 heterocycles. The summed E-state index contributed by atoms with van der Waals surface area (Å²) in [5.74, 6) is 0.766. The third kappa shape index (κ3) is 3.35. The molecule has 1 aromatic rings. The van der Waals surface area contributed by atoms with Crippen molar-refractivity contribution in [2.75, 3.05) is 5.75 Å². The summed E-state index contributed by atoms with van der Waals surface area (Å²) in [6.07, 6.45) is 8.17. The van der Waals surface area contributed by atoms with E-state index in [-0.39, 0.29) is 5.91 Å². The van der Waals surface area contributed by atoms with Crippen LogP contribution in [0.5, 0.6) is 0 Å². The molecule has 0 saturated heterocycles. The van der Waals surface area contributed by atoms with Gasteiger partial charge in [-0.05, 0) is 25.0 Å². The first kappa shape index (κ1) is 13.1. The zero-order valence-corrected chi connectivity index (χ0v) is 11.2. The Morgan fingerprint density at radius 1 is 1.56 bits per heavy atom. The molecule has 0 bridgehead atoms. The lowest BCUT2D eigenvalue weighted by Gasteiger charge is -2.13. The van der Waals surface area contributed by atoms with E-state index in [4.69, 9.17) is 0 Å². The second kappa shape index (κ2) is 6.59. The molecule has 4 heteroatoms. The Morgan fingerprint density at radius 3 is 3.06 bits per heavy atom. The summed E-state index contributed by atoms with van der Waals surface area (Å²) in [6.45, 7) is 3.68. The van der Waals surface area contributed by atoms with E-state index in [1.165, 1.54) is 12.8 Å². The van der Waals surface area contributed by atoms with Crippen molar-refractivity contribution in [3.8, 4) is 0 Å². The van der Waals surface area contributed by atoms with Gasteiger partial charge in [0.2, 0.25) is 0 Å². The summed E-state index contributed by atoms with van der Waals surface area (Å²) in [4.78, 5) is 16.5. The lowest BCUT2D eigenvalue weighted by Crippen LogP contribution is -2.33. The van der Waals surface area contributed by atoms with Crippen LogP contribution in [0.2, 0.25) is 0 Å². The number of rotatable bonds is 5. The normalized spacial score (nSPS) is 15.6. The zero-order chi connectivity index (χ0) is 12.8. The molecule has 1 aromatic heterocycles. The SMILES string of the molecule is C=CCSc1ncccc1C(=O)NC1CCCC1. The maximum absolute atomic E-state index is 12.2. The van der Waals surface area contributed by atoms with Crippen molar-refractivity contribution in [3.05, 3.63) is 36.5 Å². The molecule has 0 aromatic carbocycles. The van der Waals surface area contributed by atoms with Gasteiger partial charge in [-0.25, -0.2) is 4.98 Å². The minimum Gasteiger partial charge on any atom is -0.349 e. The molecular weight excluding hydrogens is 244 g/mol. The first-order valence-electron chi connectivity index (χ1n) is 6.31. The van der Waals surface area contributed by atoms with Gasteiger partial charge in [-0.15, -0.1) is 18.3 Å². The van der Waals surface area contributed by atoms with Gasteiger partial charge in [0.05, 0.1) is 5.56 Å². The van der Waals surface area contributed by atoms with Crippen LogP contribution in [0.25, 0.3) is 0 Å². The Morgan fingerprint density at radius 2 is 2.33 bits per heavy atom. The predicted molar refractivity (Wildman–Crippen MR) is 74.9 cm³/mol. The fourth-order valence-electron chi connectivity index (χ4n) is 2.15. The van der Waals surface area contributed by atoms with Crippen LogP contribution in [-0.4, -0.2) is 22.7 Å². The van der Waals surface area contributed by atoms with Crippen molar-refractivity contribution in [1.29, 1.82) is 0 Å². The molecule has 1 amide bonds. The molecule has 0 radical (unpaired) electrons. The maximum Gasteiger partial charge on any atom is 0.254 e. The smallest absolute Gasteiger partial charge is 0.254 e. The largest absolute Gasteiger partial charge is 0.349 e. The number of hydrogen-bond donors (Lipinski definition) is 1. The van der Waals surface area contributed by atoms with Crippen LogP contribution in [0.1, 0.15) is 36.0 Å². The molecule has 0 spiro atoms. The van der Waals surface area contributed by atoms with E-state index < -0.39 is 0 Å². The average Bonchev–Trinajstić information content (AvgIpc) is 2.89. The van der Waals surface area contributed by atoms with E-state index in [1.807, 2.05) is 18.2 Å². The molecule has 1 aliphatic carbocycles. The third-order valence-electron chi connectivity index (χ3n) is 3.04. The van der Waals surface area contributed by atoms with Crippen molar-refractivity contribution >= 4 is 17.7 Å². The summed E-state index contributed by atoms with van der Waals surface area (Å²) in [5, 5.41) is 3.88. The second-order valence-corrected chi connectivity index (χ2v) is 5.42. The van der Waals surface area contributed by atoms with Gasteiger partial charge in [-0.1, -0.05) is 18.9 Å². The first-order chi connectivity index (χ1) is 8.81. The van der Waals surface area contributed by atoms with Gasteiger partial charge < -0.3 is 5.32 Å². The van der Waals surface area contributed by atoms with Crippen LogP contribution < -0.4 is 5.32 Å². The minimum atomic E-state index is 0.00145. The Bertz CT molecular complexity index is 428. The Hall–Kier alpha value is -1.29. The number of carbonyl (C=O) groups is 1. The molecule has 2 rings (SSSR count). The van der Waals surface area contributed by atoms with Crippen LogP contribution in [0.4, 0.5) is 0 Å². The van der Waals surface area contributed by atoms with Crippen molar-refractivity contribution in [2.24, 2.45) is 0 Å². The van der Waals surface area contributed by atoms with E-state index in [2.05, 4.69) is 16.9 Å². The van der Waals surface area contributed by atoms with Gasteiger partial charge in [0.1, 0.15) is 5.03 Å². The monoisotopic (exact) mass is 262 g/mol. The van der Waals surface area contributed by atoms with E-state index in [0.717, 1.165) is 23.6 Å². The average molecular weight is 262 g/mol. The van der Waals surface area contributed by atoms with E-state index in [9.17, 15) is 4.79 Å². The van der Waals surface area contributed by atoms with Gasteiger partial charge in [0.25, 0.3) is 5.91 Å². The topological polar surface area (TPSA) is 42.0 Å². The second-order valence-electron chi connectivity index (χ2n) is 4.41. The van der Waals surface area contributed by atoms with Gasteiger partial charge in [0, 0.05) is 18.0 Å². The number of pyridine rings is 1. The van der Waals surface area contributed by atoms with Gasteiger partial charge in [-0.2, -0.15) is 0 Å². The Labute approximate surface area is 112 Å². The van der Waals surface area contributed by atoms with Crippen LogP contribution in [-0.2, 0) is 0 Å². The van der Waals surface area contributed by atoms with E-state index in [0.29, 0.717) is 11.6 Å². The lowest BCUT2D eigenvalue weighted by atomic mass is 10.2. The Kier molecular flexibility index (Phi) is 4.81. The molecule has 1 fully saturated rings. The molecule has 0 atom stereocenters. The van der Waals surface area contributed by atoms with Crippen molar-refractivity contribution in [3.63, 3.8) is 0 Å². The zero-order valence-electron chi connectivity index (χ0n) is 10.4. The molecule has 96 valence electrons. The van der Waals surface area contributed by atoms with Crippen molar-refractivity contribution < 1.29 is 4.79 Å². The highest BCUT2D eigenvalue weighted by molar-refractivity contribution is 7.99. The van der Waals surface area contributed by atoms with Crippen LogP contribution in [0.15, 0.2) is 36.0 Å². The summed E-state index contributed by atoms with van der Waals surface area (Å²) < 4.78 is 0. The Balaban J connectivity index is 2.05. The summed E-state index contributed by atoms with van der Waals surface area (Å²) in [7, 11) is 0. The highest BCUT2D eigenvalue weighted by Crippen LogP contribution is 2.22. The fraction of sp³-hybridized carbons (Fsp3) is 0.429. The predicted octanol–water partition coefficient (Wildman–Crippen LogP) is 3.03. The highest BCUT2D eigenvalue weighted by atomic mass is 32.2. The first-order valence-corrected chi connectivity index (χ1v) is 7.29. The summed E-state index contributed by atoms with van der Waals surface area (Å²) >= 11 is 1.54. The number of hydrogen-bond acceptors (Lipinski definition) is 3. The van der Waals surface area contributed by atoms with E-state index >= 15 is 0 Å². The summed E-state index contributed by atoms with van der Waals surface area (Å²) in [6, 6.07) is 3.99. The van der Waals surface area contributed by atoms with Gasteiger partial charge in [-0.3, -0.25) is 4.79 Å². The number of thioether (sulfide) groups is 1. The molecular formula is C14H18N2OS. The maximum atomic E-state index is 12.2. The number of nitrogens with zero attached hydrogens (tertiary/aromatic N) is 1. The minimum absolute atomic E-state index is 0.00145. The molecule has 1 N–H and O–H groups in total. The molecule has 1 aliphatic rings. The van der Waals surface area contributed by atoms with Crippen LogP contribution in [0, 0.1) is 0 Å². The molecule has 0 aliphatic heterocycles. The number of nitrogens with one attached hydrogen (secondary N) is 1. The number of amides is 1. The van der Waals surface area contributed by atoms with Crippen LogP contribution in [0.3, 0.4) is 0 Å². The molecule has 18 heavy (non-hydrogen) atoms. The standard InChI is InChI=1S/C14H18N2OS/c1-2-10-18-14-12(8-5-9-15-14)13(17)16-11-6-3-4-7-11/h2,5,8-9,11H,1,3-4,6-7,10H2,(H,16,17). The van der Waals surface area contributed by atoms with Crippen LogP contribution >= 0.6 is 11.8 Å². The quantitative estimate of drug-likeness (QED) is 0.655. The molecule has 1 saturated carbocycles. The highest BCUT2D eigenvalue weighted by Gasteiger charge is 2.19. The van der Waals surface area contributed by atoms with Gasteiger partial charge in [0.15, 0.2) is 0 Å². The summed E-state index contributed by atoms with van der Waals surface area (Å²) in [5.41, 5.74) is 0.677. The third-order valence-corrected chi connectivity index (χ3v) is 4.05. The van der Waals surface area contributed by atoms with Crippen molar-refractivity contribution in [1.82, 2.24) is 10.3 Å². The lowest BCUT2D eigenvalue weighted by molar-refractivity contribution is 0.0934.